The Morgan fingerprint density at radius 3 is 2.71 bits per heavy atom. The lowest BCUT2D eigenvalue weighted by Crippen LogP contribution is -2.03. The largest absolute Gasteiger partial charge is 0.496 e. The fourth-order valence-corrected chi connectivity index (χ4v) is 1.66. The highest BCUT2D eigenvalue weighted by molar-refractivity contribution is 5.40. The van der Waals surface area contributed by atoms with Crippen LogP contribution in [-0.2, 0) is 16.8 Å². The van der Waals surface area contributed by atoms with Gasteiger partial charge in [0.2, 0.25) is 0 Å². The summed E-state index contributed by atoms with van der Waals surface area (Å²) in [5.74, 6) is 0.973. The van der Waals surface area contributed by atoms with Crippen LogP contribution in [0.15, 0.2) is 18.2 Å². The van der Waals surface area contributed by atoms with Crippen LogP contribution in [0.1, 0.15) is 25.0 Å². The highest BCUT2D eigenvalue weighted by Gasteiger charge is 2.41. The highest BCUT2D eigenvalue weighted by atomic mass is 16.6. The molecule has 0 N–H and O–H groups in total. The topological polar surface area (TPSA) is 21.8 Å². The minimum absolute atomic E-state index is 0.0316. The Kier molecular flexibility index (Phi) is 2.23. The maximum absolute atomic E-state index is 5.41. The summed E-state index contributed by atoms with van der Waals surface area (Å²) in [6, 6.07) is 6.30. The van der Waals surface area contributed by atoms with Crippen LogP contribution in [0.25, 0.3) is 0 Å². The van der Waals surface area contributed by atoms with Gasteiger partial charge in [0.05, 0.1) is 13.7 Å². The Bertz CT molecular complexity index is 340. The maximum Gasteiger partial charge on any atom is 0.122 e. The molecule has 1 aliphatic heterocycles. The molecular formula is C12H16O2. The van der Waals surface area contributed by atoms with Crippen molar-refractivity contribution in [2.75, 3.05) is 13.7 Å². The Hall–Kier alpha value is -1.02. The third-order valence-electron chi connectivity index (χ3n) is 2.85. The summed E-state index contributed by atoms with van der Waals surface area (Å²) in [7, 11) is 1.71. The summed E-state index contributed by atoms with van der Waals surface area (Å²) < 4.78 is 10.7. The Morgan fingerprint density at radius 1 is 1.50 bits per heavy atom. The number of ether oxygens (including phenoxy) is 2. The van der Waals surface area contributed by atoms with Gasteiger partial charge < -0.3 is 9.47 Å². The zero-order chi connectivity index (χ0) is 10.2. The molecule has 0 spiro atoms. The van der Waals surface area contributed by atoms with E-state index >= 15 is 0 Å². The molecule has 0 radical (unpaired) electrons. The first-order valence-corrected chi connectivity index (χ1v) is 5.01. The number of benzene rings is 1. The second kappa shape index (κ2) is 3.28. The predicted molar refractivity (Wildman–Crippen MR) is 55.7 cm³/mol. The van der Waals surface area contributed by atoms with Gasteiger partial charge in [-0.3, -0.25) is 0 Å². The number of hydrogen-bond donors (Lipinski definition) is 0. The van der Waals surface area contributed by atoms with Crippen LogP contribution >= 0.6 is 0 Å². The zero-order valence-corrected chi connectivity index (χ0v) is 8.96. The second-order valence-corrected chi connectivity index (χ2v) is 3.90. The first kappa shape index (κ1) is 9.53. The van der Waals surface area contributed by atoms with E-state index in [9.17, 15) is 0 Å². The summed E-state index contributed by atoms with van der Waals surface area (Å²) in [5, 5.41) is 0. The van der Waals surface area contributed by atoms with Crippen molar-refractivity contribution in [3.63, 3.8) is 0 Å². The number of hydrogen-bond acceptors (Lipinski definition) is 2. The van der Waals surface area contributed by atoms with Crippen LogP contribution in [0.3, 0.4) is 0 Å². The molecule has 1 aromatic rings. The number of rotatable bonds is 3. The van der Waals surface area contributed by atoms with Gasteiger partial charge in [-0.2, -0.15) is 0 Å². The average Bonchev–Trinajstić information content (AvgIpc) is 2.97. The molecule has 1 atom stereocenters. The molecule has 0 amide bonds. The number of aryl methyl sites for hydroxylation is 1. The fourth-order valence-electron chi connectivity index (χ4n) is 1.66. The van der Waals surface area contributed by atoms with Crippen LogP contribution in [0, 0.1) is 0 Å². The Morgan fingerprint density at radius 2 is 2.21 bits per heavy atom. The third-order valence-corrected chi connectivity index (χ3v) is 2.85. The van der Waals surface area contributed by atoms with E-state index in [1.807, 2.05) is 6.07 Å². The van der Waals surface area contributed by atoms with Crippen molar-refractivity contribution in [1.29, 1.82) is 0 Å². The van der Waals surface area contributed by atoms with Crippen LogP contribution in [0.5, 0.6) is 5.75 Å². The SMILES string of the molecule is CCc1cc(C2(C)CO2)ccc1OC. The van der Waals surface area contributed by atoms with E-state index in [1.165, 1.54) is 11.1 Å². The van der Waals surface area contributed by atoms with Gasteiger partial charge in [0, 0.05) is 0 Å². The molecular weight excluding hydrogens is 176 g/mol. The molecule has 1 aromatic carbocycles. The molecule has 2 nitrogen and oxygen atoms in total. The second-order valence-electron chi connectivity index (χ2n) is 3.90. The van der Waals surface area contributed by atoms with Crippen molar-refractivity contribution >= 4 is 0 Å². The van der Waals surface area contributed by atoms with Crippen LogP contribution in [0.4, 0.5) is 0 Å². The minimum atomic E-state index is -0.0316. The maximum atomic E-state index is 5.41. The van der Waals surface area contributed by atoms with Gasteiger partial charge in [-0.15, -0.1) is 0 Å². The van der Waals surface area contributed by atoms with Gasteiger partial charge >= 0.3 is 0 Å². The molecule has 2 rings (SSSR count). The summed E-state index contributed by atoms with van der Waals surface area (Å²) in [6.45, 7) is 5.09. The van der Waals surface area contributed by atoms with Crippen molar-refractivity contribution in [3.05, 3.63) is 29.3 Å². The quantitative estimate of drug-likeness (QED) is 0.686. The van der Waals surface area contributed by atoms with Gasteiger partial charge in [0.25, 0.3) is 0 Å². The number of methoxy groups -OCH3 is 1. The van der Waals surface area contributed by atoms with E-state index < -0.39 is 0 Å². The highest BCUT2D eigenvalue weighted by Crippen LogP contribution is 2.39. The lowest BCUT2D eigenvalue weighted by Gasteiger charge is -2.11. The van der Waals surface area contributed by atoms with Gasteiger partial charge in [-0.1, -0.05) is 13.0 Å². The van der Waals surface area contributed by atoms with Crippen molar-refractivity contribution in [1.82, 2.24) is 0 Å². The third kappa shape index (κ3) is 1.50. The molecule has 1 heterocycles. The molecule has 0 aromatic heterocycles. The summed E-state index contributed by atoms with van der Waals surface area (Å²) in [6.07, 6.45) is 0.993. The standard InChI is InChI=1S/C12H16O2/c1-4-9-7-10(12(2)8-14-12)5-6-11(9)13-3/h5-7H,4,8H2,1-3H3. The van der Waals surface area contributed by atoms with E-state index in [4.69, 9.17) is 9.47 Å². The first-order valence-electron chi connectivity index (χ1n) is 5.01. The molecule has 1 aliphatic rings. The fraction of sp³-hybridized carbons (Fsp3) is 0.500. The predicted octanol–water partition coefficient (Wildman–Crippen LogP) is 2.50. The average molecular weight is 192 g/mol. The van der Waals surface area contributed by atoms with Gasteiger partial charge in [-0.25, -0.2) is 0 Å². The minimum Gasteiger partial charge on any atom is -0.496 e. The molecule has 14 heavy (non-hydrogen) atoms. The normalized spacial score (nSPS) is 24.8. The van der Waals surface area contributed by atoms with Crippen molar-refractivity contribution in [3.8, 4) is 5.75 Å². The van der Waals surface area contributed by atoms with E-state index in [0.29, 0.717) is 0 Å². The lowest BCUT2D eigenvalue weighted by molar-refractivity contribution is 0.329. The number of epoxide rings is 1. The van der Waals surface area contributed by atoms with E-state index in [-0.39, 0.29) is 5.60 Å². The van der Waals surface area contributed by atoms with Gasteiger partial charge in [0.1, 0.15) is 11.4 Å². The van der Waals surface area contributed by atoms with Crippen molar-refractivity contribution in [2.45, 2.75) is 25.9 Å². The summed E-state index contributed by atoms with van der Waals surface area (Å²) in [4.78, 5) is 0. The molecule has 1 saturated heterocycles. The molecule has 2 heteroatoms. The van der Waals surface area contributed by atoms with Crippen LogP contribution in [0.2, 0.25) is 0 Å². The van der Waals surface area contributed by atoms with Gasteiger partial charge in [0.15, 0.2) is 0 Å². The first-order chi connectivity index (χ1) is 6.69. The molecule has 0 aliphatic carbocycles. The summed E-state index contributed by atoms with van der Waals surface area (Å²) >= 11 is 0. The van der Waals surface area contributed by atoms with E-state index in [0.717, 1.165) is 18.8 Å². The van der Waals surface area contributed by atoms with Crippen molar-refractivity contribution < 1.29 is 9.47 Å². The summed E-state index contributed by atoms with van der Waals surface area (Å²) in [5.41, 5.74) is 2.48. The van der Waals surface area contributed by atoms with Crippen LogP contribution < -0.4 is 4.74 Å². The Balaban J connectivity index is 2.36. The molecule has 1 fully saturated rings. The van der Waals surface area contributed by atoms with E-state index in [1.54, 1.807) is 7.11 Å². The molecule has 1 unspecified atom stereocenters. The van der Waals surface area contributed by atoms with Crippen molar-refractivity contribution in [2.24, 2.45) is 0 Å². The molecule has 76 valence electrons. The monoisotopic (exact) mass is 192 g/mol. The smallest absolute Gasteiger partial charge is 0.122 e. The van der Waals surface area contributed by atoms with Crippen LogP contribution in [-0.4, -0.2) is 13.7 Å². The molecule has 0 saturated carbocycles. The zero-order valence-electron chi connectivity index (χ0n) is 8.96. The van der Waals surface area contributed by atoms with E-state index in [2.05, 4.69) is 26.0 Å². The molecule has 0 bridgehead atoms. The Labute approximate surface area is 84.8 Å². The van der Waals surface area contributed by atoms with Gasteiger partial charge in [-0.05, 0) is 36.6 Å². The lowest BCUT2D eigenvalue weighted by atomic mass is 9.98.